The molecular weight excluding hydrogens is 230 g/mol. The highest BCUT2D eigenvalue weighted by molar-refractivity contribution is 7.19. The zero-order valence-electron chi connectivity index (χ0n) is 10.0. The van der Waals surface area contributed by atoms with Gasteiger partial charge in [-0.1, -0.05) is 18.6 Å². The molecule has 0 amide bonds. The van der Waals surface area contributed by atoms with E-state index < -0.39 is 0 Å². The second-order valence-corrected chi connectivity index (χ2v) is 5.61. The van der Waals surface area contributed by atoms with Crippen LogP contribution in [0.3, 0.4) is 0 Å². The molecule has 1 fully saturated rings. The summed E-state index contributed by atoms with van der Waals surface area (Å²) in [6.07, 6.45) is 3.91. The Labute approximate surface area is 106 Å². The van der Waals surface area contributed by atoms with Crippen LogP contribution in [0, 0.1) is 0 Å². The topological polar surface area (TPSA) is 21.3 Å². The maximum absolute atomic E-state index is 5.42. The maximum Gasteiger partial charge on any atom is 0.136 e. The number of hydrogen-bond donors (Lipinski definition) is 1. The lowest BCUT2D eigenvalue weighted by atomic mass is 10.0. The molecule has 0 bridgehead atoms. The van der Waals surface area contributed by atoms with Crippen LogP contribution in [0.5, 0.6) is 5.75 Å². The second-order valence-electron chi connectivity index (χ2n) is 4.53. The quantitative estimate of drug-likeness (QED) is 0.873. The van der Waals surface area contributed by atoms with Gasteiger partial charge in [0.1, 0.15) is 5.75 Å². The van der Waals surface area contributed by atoms with Crippen molar-refractivity contribution in [2.24, 2.45) is 0 Å². The molecule has 3 heteroatoms. The number of piperidine rings is 1. The van der Waals surface area contributed by atoms with Crippen LogP contribution in [0.2, 0.25) is 0 Å². The Morgan fingerprint density at radius 1 is 1.35 bits per heavy atom. The Kier molecular flexibility index (Phi) is 3.04. The SMILES string of the molecule is COc1cccc2cc(C3CCCCN3)sc12. The summed E-state index contributed by atoms with van der Waals surface area (Å²) >= 11 is 1.87. The first kappa shape index (κ1) is 11.1. The zero-order chi connectivity index (χ0) is 11.7. The monoisotopic (exact) mass is 247 g/mol. The van der Waals surface area contributed by atoms with E-state index >= 15 is 0 Å². The fourth-order valence-electron chi connectivity index (χ4n) is 2.48. The number of ether oxygens (including phenoxy) is 1. The number of thiophene rings is 1. The Bertz CT molecular complexity index is 514. The standard InChI is InChI=1S/C14H17NOS/c1-16-12-7-4-5-10-9-13(17-14(10)12)11-6-2-3-8-15-11/h4-5,7,9,11,15H,2-3,6,8H2,1H3. The highest BCUT2D eigenvalue weighted by Gasteiger charge is 2.17. The molecule has 0 aliphatic carbocycles. The molecule has 3 rings (SSSR count). The van der Waals surface area contributed by atoms with E-state index in [-0.39, 0.29) is 0 Å². The van der Waals surface area contributed by atoms with E-state index in [1.807, 2.05) is 17.4 Å². The first-order valence-electron chi connectivity index (χ1n) is 6.18. The minimum atomic E-state index is 0.547. The van der Waals surface area contributed by atoms with Crippen molar-refractivity contribution in [3.63, 3.8) is 0 Å². The summed E-state index contributed by atoms with van der Waals surface area (Å²) in [4.78, 5) is 1.45. The lowest BCUT2D eigenvalue weighted by Crippen LogP contribution is -2.25. The largest absolute Gasteiger partial charge is 0.495 e. The van der Waals surface area contributed by atoms with Crippen LogP contribution in [0.15, 0.2) is 24.3 Å². The Hall–Kier alpha value is -1.06. The smallest absolute Gasteiger partial charge is 0.136 e. The minimum Gasteiger partial charge on any atom is -0.495 e. The van der Waals surface area contributed by atoms with E-state index in [9.17, 15) is 0 Å². The summed E-state index contributed by atoms with van der Waals surface area (Å²) in [5.74, 6) is 0.995. The van der Waals surface area contributed by atoms with Gasteiger partial charge in [0.15, 0.2) is 0 Å². The summed E-state index contributed by atoms with van der Waals surface area (Å²) < 4.78 is 6.69. The Morgan fingerprint density at radius 2 is 2.29 bits per heavy atom. The zero-order valence-corrected chi connectivity index (χ0v) is 10.8. The lowest BCUT2D eigenvalue weighted by molar-refractivity contribution is 0.417. The molecule has 0 saturated carbocycles. The van der Waals surface area contributed by atoms with Crippen LogP contribution < -0.4 is 10.1 Å². The molecule has 2 heterocycles. The van der Waals surface area contributed by atoms with Crippen molar-refractivity contribution in [3.05, 3.63) is 29.1 Å². The van der Waals surface area contributed by atoms with Crippen molar-refractivity contribution in [2.45, 2.75) is 25.3 Å². The third-order valence-electron chi connectivity index (χ3n) is 3.40. The van der Waals surface area contributed by atoms with Crippen LogP contribution in [0.25, 0.3) is 10.1 Å². The van der Waals surface area contributed by atoms with Gasteiger partial charge in [-0.15, -0.1) is 11.3 Å². The van der Waals surface area contributed by atoms with Gasteiger partial charge < -0.3 is 10.1 Å². The molecule has 0 radical (unpaired) electrons. The number of fused-ring (bicyclic) bond motifs is 1. The molecule has 1 aliphatic rings. The van der Waals surface area contributed by atoms with Gasteiger partial charge >= 0.3 is 0 Å². The normalized spacial score (nSPS) is 20.6. The third-order valence-corrected chi connectivity index (χ3v) is 4.68. The van der Waals surface area contributed by atoms with Gasteiger partial charge in [0.25, 0.3) is 0 Å². The maximum atomic E-state index is 5.42. The molecule has 1 saturated heterocycles. The fraction of sp³-hybridized carbons (Fsp3) is 0.429. The van der Waals surface area contributed by atoms with E-state index in [4.69, 9.17) is 4.74 Å². The first-order valence-corrected chi connectivity index (χ1v) is 7.00. The molecule has 1 aliphatic heterocycles. The third kappa shape index (κ3) is 2.05. The average molecular weight is 247 g/mol. The van der Waals surface area contributed by atoms with Crippen LogP contribution in [0.1, 0.15) is 30.2 Å². The van der Waals surface area contributed by atoms with E-state index in [0.717, 1.165) is 12.3 Å². The van der Waals surface area contributed by atoms with Crippen LogP contribution in [0.4, 0.5) is 0 Å². The molecule has 1 aromatic heterocycles. The molecule has 1 N–H and O–H groups in total. The van der Waals surface area contributed by atoms with Crippen molar-refractivity contribution in [2.75, 3.05) is 13.7 Å². The summed E-state index contributed by atoms with van der Waals surface area (Å²) in [5, 5.41) is 4.91. The lowest BCUT2D eigenvalue weighted by Gasteiger charge is -2.22. The van der Waals surface area contributed by atoms with Gasteiger partial charge in [-0.2, -0.15) is 0 Å². The van der Waals surface area contributed by atoms with Crippen molar-refractivity contribution in [3.8, 4) is 5.75 Å². The van der Waals surface area contributed by atoms with Crippen molar-refractivity contribution < 1.29 is 4.74 Å². The predicted octanol–water partition coefficient (Wildman–Crippen LogP) is 3.72. The van der Waals surface area contributed by atoms with Crippen LogP contribution >= 0.6 is 11.3 Å². The molecule has 90 valence electrons. The predicted molar refractivity (Wildman–Crippen MR) is 73.0 cm³/mol. The van der Waals surface area contributed by atoms with Crippen molar-refractivity contribution in [1.29, 1.82) is 0 Å². The van der Waals surface area contributed by atoms with E-state index in [1.165, 1.54) is 34.2 Å². The van der Waals surface area contributed by atoms with Crippen molar-refractivity contribution in [1.82, 2.24) is 5.32 Å². The van der Waals surface area contributed by atoms with E-state index in [1.54, 1.807) is 7.11 Å². The first-order chi connectivity index (χ1) is 8.38. The molecule has 17 heavy (non-hydrogen) atoms. The Morgan fingerprint density at radius 3 is 3.06 bits per heavy atom. The molecule has 1 unspecified atom stereocenters. The van der Waals surface area contributed by atoms with Gasteiger partial charge in [-0.25, -0.2) is 0 Å². The van der Waals surface area contributed by atoms with Crippen LogP contribution in [-0.4, -0.2) is 13.7 Å². The molecule has 1 atom stereocenters. The number of methoxy groups -OCH3 is 1. The summed E-state index contributed by atoms with van der Waals surface area (Å²) in [6.45, 7) is 1.15. The summed E-state index contributed by atoms with van der Waals surface area (Å²) in [7, 11) is 1.74. The summed E-state index contributed by atoms with van der Waals surface area (Å²) in [6, 6.07) is 9.13. The van der Waals surface area contributed by atoms with Crippen molar-refractivity contribution >= 4 is 21.4 Å². The number of hydrogen-bond acceptors (Lipinski definition) is 3. The second kappa shape index (κ2) is 4.67. The Balaban J connectivity index is 2.00. The number of benzene rings is 1. The number of rotatable bonds is 2. The molecule has 1 aromatic carbocycles. The molecular formula is C14H17NOS. The van der Waals surface area contributed by atoms with Gasteiger partial charge in [0.05, 0.1) is 11.8 Å². The number of nitrogens with one attached hydrogen (secondary N) is 1. The van der Waals surface area contributed by atoms with E-state index in [0.29, 0.717) is 6.04 Å². The van der Waals surface area contributed by atoms with Gasteiger partial charge in [0, 0.05) is 10.9 Å². The van der Waals surface area contributed by atoms with Gasteiger partial charge in [-0.05, 0) is 36.9 Å². The minimum absolute atomic E-state index is 0.547. The van der Waals surface area contributed by atoms with E-state index in [2.05, 4.69) is 23.5 Å². The average Bonchev–Trinajstić information content (AvgIpc) is 2.83. The molecule has 0 spiro atoms. The molecule has 2 nitrogen and oxygen atoms in total. The van der Waals surface area contributed by atoms with Crippen LogP contribution in [-0.2, 0) is 0 Å². The summed E-state index contributed by atoms with van der Waals surface area (Å²) in [5.41, 5.74) is 0. The highest BCUT2D eigenvalue weighted by Crippen LogP contribution is 2.37. The fourth-order valence-corrected chi connectivity index (χ4v) is 3.75. The molecule has 2 aromatic rings. The van der Waals surface area contributed by atoms with Gasteiger partial charge in [0.2, 0.25) is 0 Å². The van der Waals surface area contributed by atoms with Gasteiger partial charge in [-0.3, -0.25) is 0 Å². The highest BCUT2D eigenvalue weighted by atomic mass is 32.1.